The molecule has 0 spiro atoms. The van der Waals surface area contributed by atoms with Crippen LogP contribution in [0, 0.1) is 0 Å². The second-order valence-corrected chi connectivity index (χ2v) is 3.96. The van der Waals surface area contributed by atoms with Gasteiger partial charge in [-0.15, -0.1) is 0 Å². The number of aliphatic hydroxyl groups is 3. The zero-order valence-corrected chi connectivity index (χ0v) is 10.1. The van der Waals surface area contributed by atoms with Gasteiger partial charge < -0.3 is 15.3 Å². The molecule has 0 heterocycles. The van der Waals surface area contributed by atoms with Gasteiger partial charge in [0.1, 0.15) is 0 Å². The van der Waals surface area contributed by atoms with E-state index in [0.717, 1.165) is 0 Å². The van der Waals surface area contributed by atoms with Crippen LogP contribution < -0.4 is 0 Å². The summed E-state index contributed by atoms with van der Waals surface area (Å²) in [6.45, 7) is -0.589. The molecule has 0 amide bonds. The zero-order valence-electron chi connectivity index (χ0n) is 8.56. The Morgan fingerprint density at radius 3 is 2.44 bits per heavy atom. The van der Waals surface area contributed by atoms with Crippen LogP contribution in [0.25, 0.3) is 0 Å². The number of carbonyl (C=O) groups excluding carboxylic acids is 1. The summed E-state index contributed by atoms with van der Waals surface area (Å²) >= 11 is 3.12. The molecule has 0 saturated heterocycles. The van der Waals surface area contributed by atoms with Gasteiger partial charge in [0.15, 0.2) is 6.29 Å². The quantitative estimate of drug-likeness (QED) is 0.556. The van der Waals surface area contributed by atoms with Crippen molar-refractivity contribution in [3.63, 3.8) is 0 Å². The highest BCUT2D eigenvalue weighted by Gasteiger charge is 2.16. The van der Waals surface area contributed by atoms with Crippen molar-refractivity contribution >= 4 is 22.2 Å². The molecule has 88 valence electrons. The first-order valence-electron chi connectivity index (χ1n) is 4.75. The van der Waals surface area contributed by atoms with Crippen LogP contribution in [0.1, 0.15) is 33.2 Å². The van der Waals surface area contributed by atoms with Crippen molar-refractivity contribution in [2.24, 2.45) is 0 Å². The minimum absolute atomic E-state index is 0.249. The molecule has 0 aliphatic carbocycles. The Kier molecular flexibility index (Phi) is 5.08. The van der Waals surface area contributed by atoms with Crippen LogP contribution in [-0.4, -0.2) is 26.9 Å². The van der Waals surface area contributed by atoms with E-state index in [1.54, 1.807) is 12.1 Å². The van der Waals surface area contributed by atoms with Crippen molar-refractivity contribution in [3.05, 3.63) is 34.4 Å². The van der Waals surface area contributed by atoms with Crippen molar-refractivity contribution in [1.29, 1.82) is 0 Å². The largest absolute Gasteiger partial charge is 0.392 e. The normalized spacial score (nSPS) is 12.5. The summed E-state index contributed by atoms with van der Waals surface area (Å²) in [5.74, 6) is 0. The van der Waals surface area contributed by atoms with E-state index in [2.05, 4.69) is 15.9 Å². The lowest BCUT2D eigenvalue weighted by Crippen LogP contribution is -2.08. The van der Waals surface area contributed by atoms with E-state index < -0.39 is 6.10 Å². The van der Waals surface area contributed by atoms with Gasteiger partial charge in [0.05, 0.1) is 19.3 Å². The lowest BCUT2D eigenvalue weighted by atomic mass is 9.95. The predicted molar refractivity (Wildman–Crippen MR) is 62.4 cm³/mol. The summed E-state index contributed by atoms with van der Waals surface area (Å²) < 4.78 is 0. The first-order chi connectivity index (χ1) is 7.69. The van der Waals surface area contributed by atoms with E-state index in [4.69, 9.17) is 5.11 Å². The average Bonchev–Trinajstić information content (AvgIpc) is 2.35. The molecular weight excluding hydrogens is 276 g/mol. The standard InChI is InChI=1S/C11H13BrO4/c12-3-11(16)8-2-1-7(4-13)9(5-14)10(8)6-15/h1-2,6,11,13-14,16H,3-5H2. The average molecular weight is 289 g/mol. The van der Waals surface area contributed by atoms with E-state index in [0.29, 0.717) is 28.3 Å². The molecule has 4 nitrogen and oxygen atoms in total. The zero-order chi connectivity index (χ0) is 12.1. The van der Waals surface area contributed by atoms with Crippen molar-refractivity contribution in [2.75, 3.05) is 5.33 Å². The number of hydrogen-bond acceptors (Lipinski definition) is 4. The smallest absolute Gasteiger partial charge is 0.150 e. The monoisotopic (exact) mass is 288 g/mol. The Morgan fingerprint density at radius 1 is 1.31 bits per heavy atom. The second kappa shape index (κ2) is 6.10. The number of rotatable bonds is 5. The Balaban J connectivity index is 3.36. The van der Waals surface area contributed by atoms with Gasteiger partial charge in [-0.25, -0.2) is 0 Å². The molecule has 3 N–H and O–H groups in total. The Morgan fingerprint density at radius 2 is 2.00 bits per heavy atom. The first-order valence-corrected chi connectivity index (χ1v) is 5.87. The number of alkyl halides is 1. The van der Waals surface area contributed by atoms with Gasteiger partial charge >= 0.3 is 0 Å². The van der Waals surface area contributed by atoms with Gasteiger partial charge in [-0.3, -0.25) is 4.79 Å². The third kappa shape index (κ3) is 2.49. The van der Waals surface area contributed by atoms with E-state index in [-0.39, 0.29) is 18.8 Å². The molecule has 16 heavy (non-hydrogen) atoms. The molecule has 0 aromatic heterocycles. The van der Waals surface area contributed by atoms with Gasteiger partial charge in [0.2, 0.25) is 0 Å². The number of hydrogen-bond donors (Lipinski definition) is 3. The highest BCUT2D eigenvalue weighted by Crippen LogP contribution is 2.24. The molecule has 0 saturated carbocycles. The summed E-state index contributed by atoms with van der Waals surface area (Å²) in [5, 5.41) is 28.2. The minimum Gasteiger partial charge on any atom is -0.392 e. The number of carbonyl (C=O) groups is 1. The van der Waals surface area contributed by atoms with Crippen molar-refractivity contribution in [3.8, 4) is 0 Å². The fourth-order valence-corrected chi connectivity index (χ4v) is 1.92. The first kappa shape index (κ1) is 13.3. The van der Waals surface area contributed by atoms with Crippen LogP contribution in [0.15, 0.2) is 12.1 Å². The van der Waals surface area contributed by atoms with E-state index in [1.807, 2.05) is 0 Å². The summed E-state index contributed by atoms with van der Waals surface area (Å²) in [6.07, 6.45) is -0.218. The van der Waals surface area contributed by atoms with Crippen LogP contribution in [0.4, 0.5) is 0 Å². The molecule has 0 aliphatic rings. The number of benzene rings is 1. The van der Waals surface area contributed by atoms with Crippen LogP contribution in [0.2, 0.25) is 0 Å². The maximum Gasteiger partial charge on any atom is 0.150 e. The molecular formula is C11H13BrO4. The van der Waals surface area contributed by atoms with Gasteiger partial charge in [0.25, 0.3) is 0 Å². The molecule has 0 fully saturated rings. The van der Waals surface area contributed by atoms with Gasteiger partial charge in [-0.1, -0.05) is 28.1 Å². The molecule has 5 heteroatoms. The maximum absolute atomic E-state index is 11.0. The molecule has 1 atom stereocenters. The van der Waals surface area contributed by atoms with Gasteiger partial charge in [-0.05, 0) is 16.7 Å². The summed E-state index contributed by atoms with van der Waals surface area (Å²) in [7, 11) is 0. The minimum atomic E-state index is -0.807. The lowest BCUT2D eigenvalue weighted by Gasteiger charge is -2.15. The highest BCUT2D eigenvalue weighted by molar-refractivity contribution is 9.09. The number of aldehydes is 1. The molecule has 1 rings (SSSR count). The molecule has 0 radical (unpaired) electrons. The van der Waals surface area contributed by atoms with Crippen LogP contribution in [0.5, 0.6) is 0 Å². The fraction of sp³-hybridized carbons (Fsp3) is 0.364. The molecule has 1 aromatic rings. The van der Waals surface area contributed by atoms with Crippen LogP contribution >= 0.6 is 15.9 Å². The molecule has 0 aliphatic heterocycles. The Labute approximate surface area is 102 Å². The van der Waals surface area contributed by atoms with Gasteiger partial charge in [-0.2, -0.15) is 0 Å². The van der Waals surface area contributed by atoms with Crippen molar-refractivity contribution in [2.45, 2.75) is 19.3 Å². The second-order valence-electron chi connectivity index (χ2n) is 3.31. The predicted octanol–water partition coefficient (Wildman–Crippen LogP) is 0.912. The summed E-state index contributed by atoms with van der Waals surface area (Å²) in [4.78, 5) is 11.0. The molecule has 1 aromatic carbocycles. The highest BCUT2D eigenvalue weighted by atomic mass is 79.9. The van der Waals surface area contributed by atoms with Crippen molar-refractivity contribution < 1.29 is 20.1 Å². The lowest BCUT2D eigenvalue weighted by molar-refractivity contribution is 0.111. The van der Waals surface area contributed by atoms with Gasteiger partial charge in [0, 0.05) is 10.9 Å². The number of halogens is 1. The fourth-order valence-electron chi connectivity index (χ4n) is 1.58. The van der Waals surface area contributed by atoms with Crippen LogP contribution in [0.3, 0.4) is 0 Å². The van der Waals surface area contributed by atoms with E-state index in [1.165, 1.54) is 0 Å². The van der Waals surface area contributed by atoms with E-state index >= 15 is 0 Å². The summed E-state index contributed by atoms with van der Waals surface area (Å²) in [5.41, 5.74) is 1.57. The number of aliphatic hydroxyl groups excluding tert-OH is 3. The topological polar surface area (TPSA) is 77.8 Å². The Bertz CT molecular complexity index is 378. The van der Waals surface area contributed by atoms with E-state index in [9.17, 15) is 15.0 Å². The van der Waals surface area contributed by atoms with Crippen LogP contribution in [-0.2, 0) is 13.2 Å². The summed E-state index contributed by atoms with van der Waals surface area (Å²) in [6, 6.07) is 3.18. The molecule has 0 bridgehead atoms. The Hall–Kier alpha value is -0.750. The third-order valence-electron chi connectivity index (χ3n) is 2.44. The maximum atomic E-state index is 11.0. The third-order valence-corrected chi connectivity index (χ3v) is 3.05. The van der Waals surface area contributed by atoms with Crippen molar-refractivity contribution in [1.82, 2.24) is 0 Å². The molecule has 1 unspecified atom stereocenters. The SMILES string of the molecule is O=Cc1c(C(O)CBr)ccc(CO)c1CO.